The molecule has 0 bridgehead atoms. The molecule has 2 atom stereocenters. The molecule has 2 aliphatic carbocycles. The number of nitrogens with one attached hydrogen (secondary N) is 1. The van der Waals surface area contributed by atoms with E-state index in [1.807, 2.05) is 0 Å². The van der Waals surface area contributed by atoms with Crippen molar-refractivity contribution in [3.05, 3.63) is 35.4 Å². The Labute approximate surface area is 126 Å². The zero-order valence-corrected chi connectivity index (χ0v) is 11.9. The lowest BCUT2D eigenvalue weighted by Crippen LogP contribution is -2.53. The molecule has 22 heavy (non-hydrogen) atoms. The first-order valence-electron chi connectivity index (χ1n) is 7.43. The fourth-order valence-electron chi connectivity index (χ4n) is 3.33. The van der Waals surface area contributed by atoms with Crippen LogP contribution in [-0.4, -0.2) is 22.5 Å². The Hall–Kier alpha value is -1.98. The van der Waals surface area contributed by atoms with Crippen LogP contribution in [-0.2, 0) is 9.59 Å². The molecule has 6 heteroatoms. The number of rotatable bonds is 4. The number of amides is 1. The first kappa shape index (κ1) is 14.9. The van der Waals surface area contributed by atoms with E-state index in [1.165, 1.54) is 12.1 Å². The van der Waals surface area contributed by atoms with Crippen molar-refractivity contribution in [2.75, 3.05) is 0 Å². The number of halogens is 2. The Balaban J connectivity index is 1.69. The summed E-state index contributed by atoms with van der Waals surface area (Å²) in [6.45, 7) is 0. The van der Waals surface area contributed by atoms with Gasteiger partial charge in [-0.2, -0.15) is 0 Å². The average molecular weight is 309 g/mol. The van der Waals surface area contributed by atoms with Gasteiger partial charge >= 0.3 is 5.97 Å². The maximum absolute atomic E-state index is 13.7. The minimum Gasteiger partial charge on any atom is -0.480 e. The molecule has 118 valence electrons. The normalized spacial score (nSPS) is 25.7. The predicted molar refractivity (Wildman–Crippen MR) is 74.2 cm³/mol. The monoisotopic (exact) mass is 309 g/mol. The van der Waals surface area contributed by atoms with E-state index >= 15 is 0 Å². The summed E-state index contributed by atoms with van der Waals surface area (Å²) in [5.74, 6) is -3.40. The summed E-state index contributed by atoms with van der Waals surface area (Å²) < 4.78 is 26.6. The smallest absolute Gasteiger partial charge is 0.329 e. The molecule has 1 amide bonds. The van der Waals surface area contributed by atoms with Crippen LogP contribution in [0.15, 0.2) is 18.2 Å². The zero-order valence-electron chi connectivity index (χ0n) is 11.9. The first-order valence-corrected chi connectivity index (χ1v) is 7.43. The topological polar surface area (TPSA) is 66.4 Å². The van der Waals surface area contributed by atoms with Gasteiger partial charge in [-0.3, -0.25) is 4.79 Å². The molecule has 2 N–H and O–H groups in total. The van der Waals surface area contributed by atoms with E-state index in [2.05, 4.69) is 5.32 Å². The second-order valence-corrected chi connectivity index (χ2v) is 6.20. The standard InChI is InChI=1S/C16H17F2NO3/c17-9-3-4-10(13(18)7-9)11-8-12(11)14(20)19-16(15(21)22)5-1-2-6-16/h3-4,7,11-12H,1-2,5-6,8H2,(H,19,20)(H,21,22)/t11-,12-/m0/s1. The van der Waals surface area contributed by atoms with Gasteiger partial charge in [0, 0.05) is 12.0 Å². The molecule has 0 aromatic heterocycles. The Morgan fingerprint density at radius 2 is 1.91 bits per heavy atom. The second kappa shape index (κ2) is 5.34. The molecule has 4 nitrogen and oxygen atoms in total. The minimum absolute atomic E-state index is 0.298. The maximum Gasteiger partial charge on any atom is 0.329 e. The van der Waals surface area contributed by atoms with Gasteiger partial charge in [0.25, 0.3) is 0 Å². The summed E-state index contributed by atoms with van der Waals surface area (Å²) in [5.41, 5.74) is -0.858. The van der Waals surface area contributed by atoms with Crippen LogP contribution in [0.1, 0.15) is 43.6 Å². The van der Waals surface area contributed by atoms with Crippen LogP contribution in [0.25, 0.3) is 0 Å². The van der Waals surface area contributed by atoms with E-state index in [4.69, 9.17) is 0 Å². The molecule has 0 radical (unpaired) electrons. The van der Waals surface area contributed by atoms with Gasteiger partial charge in [-0.25, -0.2) is 13.6 Å². The fourth-order valence-corrected chi connectivity index (χ4v) is 3.33. The number of aliphatic carboxylic acids is 1. The van der Waals surface area contributed by atoms with Crippen molar-refractivity contribution < 1.29 is 23.5 Å². The van der Waals surface area contributed by atoms with Gasteiger partial charge in [0.05, 0.1) is 0 Å². The summed E-state index contributed by atoms with van der Waals surface area (Å²) in [7, 11) is 0. The SMILES string of the molecule is O=C(NC1(C(=O)O)CCCC1)[C@H]1C[C@H]1c1ccc(F)cc1F. The molecule has 0 aliphatic heterocycles. The van der Waals surface area contributed by atoms with Crippen LogP contribution in [0.3, 0.4) is 0 Å². The highest BCUT2D eigenvalue weighted by Gasteiger charge is 2.50. The van der Waals surface area contributed by atoms with Crippen molar-refractivity contribution in [2.45, 2.75) is 43.6 Å². The van der Waals surface area contributed by atoms with E-state index in [0.29, 0.717) is 24.8 Å². The molecule has 1 aromatic carbocycles. The van der Waals surface area contributed by atoms with Gasteiger partial charge in [0.1, 0.15) is 17.2 Å². The summed E-state index contributed by atoms with van der Waals surface area (Å²) in [5, 5.41) is 12.0. The van der Waals surface area contributed by atoms with E-state index < -0.39 is 29.1 Å². The quantitative estimate of drug-likeness (QED) is 0.898. The third-order valence-corrected chi connectivity index (χ3v) is 4.72. The van der Waals surface area contributed by atoms with Gasteiger partial charge in [-0.1, -0.05) is 18.9 Å². The third-order valence-electron chi connectivity index (χ3n) is 4.72. The van der Waals surface area contributed by atoms with Crippen molar-refractivity contribution >= 4 is 11.9 Å². The number of hydrogen-bond acceptors (Lipinski definition) is 2. The Morgan fingerprint density at radius 1 is 1.23 bits per heavy atom. The fraction of sp³-hybridized carbons (Fsp3) is 0.500. The molecular weight excluding hydrogens is 292 g/mol. The van der Waals surface area contributed by atoms with Crippen LogP contribution < -0.4 is 5.32 Å². The highest BCUT2D eigenvalue weighted by Crippen LogP contribution is 2.49. The zero-order chi connectivity index (χ0) is 15.9. The number of hydrogen-bond donors (Lipinski definition) is 2. The molecule has 0 unspecified atom stereocenters. The van der Waals surface area contributed by atoms with Crippen LogP contribution in [0, 0.1) is 17.6 Å². The lowest BCUT2D eigenvalue weighted by atomic mass is 9.97. The summed E-state index contributed by atoms with van der Waals surface area (Å²) in [6, 6.07) is 3.32. The molecule has 2 saturated carbocycles. The minimum atomic E-state index is -1.18. The van der Waals surface area contributed by atoms with Crippen LogP contribution in [0.2, 0.25) is 0 Å². The summed E-state index contributed by atoms with van der Waals surface area (Å²) in [6.07, 6.45) is 2.86. The van der Waals surface area contributed by atoms with Gasteiger partial charge in [0.2, 0.25) is 5.91 Å². The highest BCUT2D eigenvalue weighted by molar-refractivity contribution is 5.90. The van der Waals surface area contributed by atoms with Crippen LogP contribution in [0.5, 0.6) is 0 Å². The number of carboxylic acid groups (broad SMARTS) is 1. The molecule has 2 aliphatic rings. The van der Waals surface area contributed by atoms with Gasteiger partial charge in [0.15, 0.2) is 0 Å². The second-order valence-electron chi connectivity index (χ2n) is 6.20. The molecular formula is C16H17F2NO3. The van der Waals surface area contributed by atoms with Crippen molar-refractivity contribution in [3.8, 4) is 0 Å². The van der Waals surface area contributed by atoms with Gasteiger partial charge in [-0.15, -0.1) is 0 Å². The number of carbonyl (C=O) groups is 2. The lowest BCUT2D eigenvalue weighted by molar-refractivity contribution is -0.147. The van der Waals surface area contributed by atoms with E-state index in [0.717, 1.165) is 18.9 Å². The highest BCUT2D eigenvalue weighted by atomic mass is 19.1. The molecule has 1 aromatic rings. The molecule has 0 saturated heterocycles. The Kier molecular flexibility index (Phi) is 3.62. The summed E-state index contributed by atoms with van der Waals surface area (Å²) >= 11 is 0. The first-order chi connectivity index (χ1) is 10.4. The van der Waals surface area contributed by atoms with E-state index in [-0.39, 0.29) is 11.8 Å². The maximum atomic E-state index is 13.7. The van der Waals surface area contributed by atoms with E-state index in [9.17, 15) is 23.5 Å². The van der Waals surface area contributed by atoms with Crippen molar-refractivity contribution in [3.63, 3.8) is 0 Å². The number of carboxylic acids is 1. The largest absolute Gasteiger partial charge is 0.480 e. The molecule has 3 rings (SSSR count). The summed E-state index contributed by atoms with van der Waals surface area (Å²) in [4.78, 5) is 23.7. The predicted octanol–water partition coefficient (Wildman–Crippen LogP) is 2.58. The van der Waals surface area contributed by atoms with Crippen molar-refractivity contribution in [1.82, 2.24) is 5.32 Å². The van der Waals surface area contributed by atoms with Crippen LogP contribution >= 0.6 is 0 Å². The third kappa shape index (κ3) is 2.58. The molecule has 0 heterocycles. The van der Waals surface area contributed by atoms with Crippen molar-refractivity contribution in [1.29, 1.82) is 0 Å². The van der Waals surface area contributed by atoms with Gasteiger partial charge in [-0.05, 0) is 36.8 Å². The number of benzene rings is 1. The Morgan fingerprint density at radius 3 is 2.50 bits per heavy atom. The van der Waals surface area contributed by atoms with Crippen molar-refractivity contribution in [2.24, 2.45) is 5.92 Å². The van der Waals surface area contributed by atoms with Crippen LogP contribution in [0.4, 0.5) is 8.78 Å². The molecule has 2 fully saturated rings. The lowest BCUT2D eigenvalue weighted by Gasteiger charge is -2.25. The average Bonchev–Trinajstić information content (AvgIpc) is 3.10. The Bertz CT molecular complexity index is 626. The molecule has 0 spiro atoms. The van der Waals surface area contributed by atoms with E-state index in [1.54, 1.807) is 0 Å². The van der Waals surface area contributed by atoms with Gasteiger partial charge < -0.3 is 10.4 Å². The number of carbonyl (C=O) groups excluding carboxylic acids is 1.